The zero-order valence-corrected chi connectivity index (χ0v) is 9.10. The van der Waals surface area contributed by atoms with Gasteiger partial charge in [-0.15, -0.1) is 11.3 Å². The number of nitrogens with one attached hydrogen (secondary N) is 1. The summed E-state index contributed by atoms with van der Waals surface area (Å²) in [5.41, 5.74) is 0. The molecule has 0 bridgehead atoms. The van der Waals surface area contributed by atoms with Gasteiger partial charge in [0.15, 0.2) is 0 Å². The maximum Gasteiger partial charge on any atom is 0.216 e. The maximum absolute atomic E-state index is 5.00. The smallest absolute Gasteiger partial charge is 0.216 e. The highest BCUT2D eigenvalue weighted by Gasteiger charge is 1.96. The van der Waals surface area contributed by atoms with Gasteiger partial charge in [-0.1, -0.05) is 6.07 Å². The third-order valence-corrected chi connectivity index (χ3v) is 2.73. The van der Waals surface area contributed by atoms with Crippen LogP contribution in [-0.4, -0.2) is 21.1 Å². The van der Waals surface area contributed by atoms with E-state index in [1.807, 2.05) is 24.4 Å². The SMILES string of the molecule is Cc1n[nH]c(=S)n1/N=C/c1cccs1. The largest absolute Gasteiger partial charge is 0.250 e. The van der Waals surface area contributed by atoms with Gasteiger partial charge in [-0.3, -0.25) is 5.10 Å². The molecular formula is C8H8N4S2. The fourth-order valence-corrected chi connectivity index (χ4v) is 1.79. The molecular weight excluding hydrogens is 216 g/mol. The van der Waals surface area contributed by atoms with Crippen molar-refractivity contribution < 1.29 is 0 Å². The molecule has 0 fully saturated rings. The highest BCUT2D eigenvalue weighted by Crippen LogP contribution is 2.05. The van der Waals surface area contributed by atoms with Crippen molar-refractivity contribution in [3.05, 3.63) is 33.0 Å². The Morgan fingerprint density at radius 2 is 2.57 bits per heavy atom. The minimum Gasteiger partial charge on any atom is -0.250 e. The molecule has 0 radical (unpaired) electrons. The summed E-state index contributed by atoms with van der Waals surface area (Å²) in [5, 5.41) is 12.8. The number of aryl methyl sites for hydroxylation is 1. The third-order valence-electron chi connectivity index (χ3n) is 1.66. The number of nitrogens with zero attached hydrogens (tertiary/aromatic N) is 3. The summed E-state index contributed by atoms with van der Waals surface area (Å²) < 4.78 is 2.10. The molecule has 72 valence electrons. The highest BCUT2D eigenvalue weighted by atomic mass is 32.1. The molecule has 6 heteroatoms. The van der Waals surface area contributed by atoms with E-state index in [2.05, 4.69) is 15.3 Å². The molecule has 0 aliphatic heterocycles. The Balaban J connectivity index is 2.31. The molecule has 0 saturated carbocycles. The minimum absolute atomic E-state index is 0.510. The Hall–Kier alpha value is -1.27. The van der Waals surface area contributed by atoms with Crippen molar-refractivity contribution in [2.45, 2.75) is 6.92 Å². The number of rotatable bonds is 2. The van der Waals surface area contributed by atoms with Crippen LogP contribution in [0.3, 0.4) is 0 Å². The summed E-state index contributed by atoms with van der Waals surface area (Å²) in [6.07, 6.45) is 1.77. The lowest BCUT2D eigenvalue weighted by Gasteiger charge is -1.91. The third kappa shape index (κ3) is 1.80. The molecule has 0 aliphatic rings. The van der Waals surface area contributed by atoms with E-state index >= 15 is 0 Å². The topological polar surface area (TPSA) is 46.0 Å². The number of H-pyrrole nitrogens is 1. The van der Waals surface area contributed by atoms with E-state index < -0.39 is 0 Å². The Morgan fingerprint density at radius 3 is 3.14 bits per heavy atom. The molecule has 0 unspecified atom stereocenters. The van der Waals surface area contributed by atoms with Crippen molar-refractivity contribution in [2.75, 3.05) is 0 Å². The van der Waals surface area contributed by atoms with E-state index in [1.165, 1.54) is 0 Å². The van der Waals surface area contributed by atoms with Crippen LogP contribution >= 0.6 is 23.6 Å². The molecule has 0 amide bonds. The average molecular weight is 224 g/mol. The molecule has 0 saturated heterocycles. The van der Waals surface area contributed by atoms with Gasteiger partial charge < -0.3 is 0 Å². The van der Waals surface area contributed by atoms with E-state index in [-0.39, 0.29) is 0 Å². The van der Waals surface area contributed by atoms with Gasteiger partial charge in [0.1, 0.15) is 5.82 Å². The summed E-state index contributed by atoms with van der Waals surface area (Å²) >= 11 is 6.63. The van der Waals surface area contributed by atoms with Crippen LogP contribution in [0.4, 0.5) is 0 Å². The first kappa shape index (κ1) is 9.29. The second-order valence-corrected chi connectivity index (χ2v) is 4.01. The van der Waals surface area contributed by atoms with Crippen molar-refractivity contribution in [1.29, 1.82) is 0 Å². The Kier molecular flexibility index (Phi) is 2.55. The van der Waals surface area contributed by atoms with Gasteiger partial charge >= 0.3 is 0 Å². The molecule has 2 heterocycles. The number of aromatic amines is 1. The summed E-state index contributed by atoms with van der Waals surface area (Å²) in [6, 6.07) is 3.97. The first-order valence-corrected chi connectivity index (χ1v) is 5.28. The Bertz CT molecular complexity index is 492. The highest BCUT2D eigenvalue weighted by molar-refractivity contribution is 7.71. The number of hydrogen-bond acceptors (Lipinski definition) is 4. The standard InChI is InChI=1S/C8H8N4S2/c1-6-10-11-8(13)12(6)9-5-7-3-2-4-14-7/h2-5H,1H3,(H,11,13)/b9-5+. The fourth-order valence-electron chi connectivity index (χ4n) is 0.986. The van der Waals surface area contributed by atoms with Crippen LogP contribution < -0.4 is 0 Å². The van der Waals surface area contributed by atoms with Gasteiger partial charge in [-0.2, -0.15) is 14.9 Å². The maximum atomic E-state index is 5.00. The number of aromatic nitrogens is 3. The normalized spacial score (nSPS) is 11.2. The lowest BCUT2D eigenvalue weighted by atomic mass is 10.5. The van der Waals surface area contributed by atoms with Gasteiger partial charge in [-0.05, 0) is 30.6 Å². The lowest BCUT2D eigenvalue weighted by molar-refractivity contribution is 0.821. The average Bonchev–Trinajstić information content (AvgIpc) is 2.76. The van der Waals surface area contributed by atoms with E-state index in [4.69, 9.17) is 12.2 Å². The summed E-state index contributed by atoms with van der Waals surface area (Å²) in [7, 11) is 0. The number of hydrogen-bond donors (Lipinski definition) is 1. The zero-order valence-electron chi connectivity index (χ0n) is 7.47. The molecule has 1 N–H and O–H groups in total. The minimum atomic E-state index is 0.510. The predicted octanol–water partition coefficient (Wildman–Crippen LogP) is 2.19. The van der Waals surface area contributed by atoms with Gasteiger partial charge in [-0.25, -0.2) is 0 Å². The van der Waals surface area contributed by atoms with Crippen LogP contribution in [0.25, 0.3) is 0 Å². The van der Waals surface area contributed by atoms with E-state index in [0.717, 1.165) is 10.7 Å². The number of thiophene rings is 1. The van der Waals surface area contributed by atoms with Gasteiger partial charge in [0, 0.05) is 4.88 Å². The van der Waals surface area contributed by atoms with Gasteiger partial charge in [0.25, 0.3) is 0 Å². The second-order valence-electron chi connectivity index (χ2n) is 2.65. The molecule has 14 heavy (non-hydrogen) atoms. The van der Waals surface area contributed by atoms with Crippen LogP contribution in [0.1, 0.15) is 10.7 Å². The Morgan fingerprint density at radius 1 is 1.71 bits per heavy atom. The lowest BCUT2D eigenvalue weighted by Crippen LogP contribution is -1.92. The molecule has 2 rings (SSSR count). The van der Waals surface area contributed by atoms with Crippen molar-refractivity contribution in [3.63, 3.8) is 0 Å². The summed E-state index contributed by atoms with van der Waals surface area (Å²) in [4.78, 5) is 1.09. The molecule has 0 spiro atoms. The molecule has 0 aromatic carbocycles. The van der Waals surface area contributed by atoms with Crippen LogP contribution in [0.15, 0.2) is 22.6 Å². The first-order valence-electron chi connectivity index (χ1n) is 3.99. The van der Waals surface area contributed by atoms with Crippen LogP contribution in [0.5, 0.6) is 0 Å². The first-order chi connectivity index (χ1) is 6.77. The van der Waals surface area contributed by atoms with Crippen molar-refractivity contribution >= 4 is 29.8 Å². The molecule has 4 nitrogen and oxygen atoms in total. The van der Waals surface area contributed by atoms with E-state index in [1.54, 1.807) is 22.2 Å². The van der Waals surface area contributed by atoms with Gasteiger partial charge in [0.05, 0.1) is 6.21 Å². The van der Waals surface area contributed by atoms with Crippen molar-refractivity contribution in [3.8, 4) is 0 Å². The van der Waals surface area contributed by atoms with Gasteiger partial charge in [0.2, 0.25) is 4.77 Å². The second kappa shape index (κ2) is 3.85. The van der Waals surface area contributed by atoms with Crippen molar-refractivity contribution in [2.24, 2.45) is 5.10 Å². The summed E-state index contributed by atoms with van der Waals surface area (Å²) in [5.74, 6) is 0.753. The Labute approximate surface area is 89.9 Å². The van der Waals surface area contributed by atoms with Crippen LogP contribution in [0.2, 0.25) is 0 Å². The van der Waals surface area contributed by atoms with E-state index in [9.17, 15) is 0 Å². The molecule has 2 aromatic heterocycles. The predicted molar refractivity (Wildman–Crippen MR) is 59.5 cm³/mol. The monoisotopic (exact) mass is 224 g/mol. The van der Waals surface area contributed by atoms with E-state index in [0.29, 0.717) is 4.77 Å². The quantitative estimate of drug-likeness (QED) is 0.628. The fraction of sp³-hybridized carbons (Fsp3) is 0.125. The molecule has 0 aliphatic carbocycles. The van der Waals surface area contributed by atoms with Crippen molar-refractivity contribution in [1.82, 2.24) is 14.9 Å². The summed E-state index contributed by atoms with van der Waals surface area (Å²) in [6.45, 7) is 1.85. The zero-order chi connectivity index (χ0) is 9.97. The van der Waals surface area contributed by atoms with Crippen LogP contribution in [0, 0.1) is 11.7 Å². The molecule has 0 atom stereocenters. The van der Waals surface area contributed by atoms with Crippen LogP contribution in [-0.2, 0) is 0 Å². The molecule has 2 aromatic rings.